The van der Waals surface area contributed by atoms with E-state index in [2.05, 4.69) is 28.9 Å². The average molecular weight is 261 g/mol. The molecule has 1 aliphatic rings. The number of rotatable bonds is 4. The second-order valence-electron chi connectivity index (χ2n) is 5.74. The number of nitrogens with zero attached hydrogens (tertiary/aromatic N) is 3. The maximum absolute atomic E-state index is 11.2. The molecule has 4 nitrogen and oxygen atoms in total. The molecule has 1 aromatic heterocycles. The number of hydrogen-bond donors (Lipinski definition) is 0. The van der Waals surface area contributed by atoms with Gasteiger partial charge in [0.1, 0.15) is 5.82 Å². The molecule has 2 heterocycles. The van der Waals surface area contributed by atoms with Crippen LogP contribution in [0.4, 0.5) is 5.82 Å². The van der Waals surface area contributed by atoms with E-state index >= 15 is 0 Å². The van der Waals surface area contributed by atoms with Gasteiger partial charge in [-0.2, -0.15) is 0 Å². The molecule has 0 unspecified atom stereocenters. The Hall–Kier alpha value is -1.42. The van der Waals surface area contributed by atoms with E-state index in [0.29, 0.717) is 5.56 Å². The number of aryl methyl sites for hydroxylation is 1. The molecule has 0 atom stereocenters. The lowest BCUT2D eigenvalue weighted by Gasteiger charge is -2.34. The summed E-state index contributed by atoms with van der Waals surface area (Å²) >= 11 is 0. The quantitative estimate of drug-likeness (QED) is 0.777. The fourth-order valence-corrected chi connectivity index (χ4v) is 2.78. The Kier molecular flexibility index (Phi) is 4.53. The van der Waals surface area contributed by atoms with Crippen LogP contribution < -0.4 is 4.90 Å². The number of piperidine rings is 1. The summed E-state index contributed by atoms with van der Waals surface area (Å²) in [6, 6.07) is 1.92. The van der Waals surface area contributed by atoms with Crippen LogP contribution in [-0.2, 0) is 0 Å². The van der Waals surface area contributed by atoms with Crippen LogP contribution in [0.2, 0.25) is 0 Å². The summed E-state index contributed by atoms with van der Waals surface area (Å²) in [4.78, 5) is 20.1. The molecular weight excluding hydrogens is 238 g/mol. The van der Waals surface area contributed by atoms with Gasteiger partial charge in [-0.3, -0.25) is 4.79 Å². The minimum Gasteiger partial charge on any atom is -0.356 e. The van der Waals surface area contributed by atoms with Gasteiger partial charge < -0.3 is 9.80 Å². The van der Waals surface area contributed by atoms with Crippen LogP contribution in [-0.4, -0.2) is 49.9 Å². The van der Waals surface area contributed by atoms with Crippen molar-refractivity contribution in [2.24, 2.45) is 5.92 Å². The standard InChI is InChI=1S/C15H23N3O/c1-12-8-14(11-19)15(16-9-12)18-6-4-13(5-7-18)10-17(2)3/h8-9,11,13H,4-7,10H2,1-3H3. The molecule has 1 aliphatic heterocycles. The maximum Gasteiger partial charge on any atom is 0.153 e. The summed E-state index contributed by atoms with van der Waals surface area (Å²) in [6.45, 7) is 5.10. The van der Waals surface area contributed by atoms with Crippen molar-refractivity contribution in [3.63, 3.8) is 0 Å². The van der Waals surface area contributed by atoms with Gasteiger partial charge in [0.25, 0.3) is 0 Å². The highest BCUT2D eigenvalue weighted by Gasteiger charge is 2.22. The SMILES string of the molecule is Cc1cnc(N2CCC(CN(C)C)CC2)c(C=O)c1. The number of carbonyl (C=O) groups is 1. The second-order valence-corrected chi connectivity index (χ2v) is 5.74. The van der Waals surface area contributed by atoms with E-state index in [1.54, 1.807) is 0 Å². The minimum absolute atomic E-state index is 0.714. The molecule has 104 valence electrons. The summed E-state index contributed by atoms with van der Waals surface area (Å²) in [7, 11) is 4.25. The zero-order valence-corrected chi connectivity index (χ0v) is 12.1. The molecule has 1 saturated heterocycles. The van der Waals surface area contributed by atoms with Crippen molar-refractivity contribution in [2.45, 2.75) is 19.8 Å². The van der Waals surface area contributed by atoms with Gasteiger partial charge in [-0.05, 0) is 51.4 Å². The molecule has 2 rings (SSSR count). The third kappa shape index (κ3) is 3.53. The molecule has 0 aliphatic carbocycles. The number of aldehydes is 1. The minimum atomic E-state index is 0.714. The Labute approximate surface area is 115 Å². The zero-order valence-electron chi connectivity index (χ0n) is 12.1. The van der Waals surface area contributed by atoms with Crippen LogP contribution in [0.15, 0.2) is 12.3 Å². The molecule has 19 heavy (non-hydrogen) atoms. The number of hydrogen-bond acceptors (Lipinski definition) is 4. The Morgan fingerprint density at radius 3 is 2.68 bits per heavy atom. The predicted molar refractivity (Wildman–Crippen MR) is 77.9 cm³/mol. The van der Waals surface area contributed by atoms with Crippen LogP contribution in [0.1, 0.15) is 28.8 Å². The van der Waals surface area contributed by atoms with Crippen LogP contribution in [0.5, 0.6) is 0 Å². The smallest absolute Gasteiger partial charge is 0.153 e. The first-order valence-electron chi connectivity index (χ1n) is 6.91. The van der Waals surface area contributed by atoms with Gasteiger partial charge in [-0.1, -0.05) is 0 Å². The molecule has 0 amide bonds. The predicted octanol–water partition coefficient (Wildman–Crippen LogP) is 1.98. The highest BCUT2D eigenvalue weighted by atomic mass is 16.1. The van der Waals surface area contributed by atoms with Crippen molar-refractivity contribution in [3.8, 4) is 0 Å². The molecule has 0 aromatic carbocycles. The van der Waals surface area contributed by atoms with E-state index in [1.807, 2.05) is 19.2 Å². The molecule has 0 spiro atoms. The average Bonchev–Trinajstić information content (AvgIpc) is 2.39. The van der Waals surface area contributed by atoms with Gasteiger partial charge in [0, 0.05) is 25.8 Å². The van der Waals surface area contributed by atoms with Crippen molar-refractivity contribution < 1.29 is 4.79 Å². The highest BCUT2D eigenvalue weighted by Crippen LogP contribution is 2.24. The highest BCUT2D eigenvalue weighted by molar-refractivity contribution is 5.83. The first-order valence-corrected chi connectivity index (χ1v) is 6.91. The number of pyridine rings is 1. The van der Waals surface area contributed by atoms with Crippen molar-refractivity contribution in [1.29, 1.82) is 0 Å². The van der Waals surface area contributed by atoms with Gasteiger partial charge in [-0.15, -0.1) is 0 Å². The second kappa shape index (κ2) is 6.15. The zero-order chi connectivity index (χ0) is 13.8. The van der Waals surface area contributed by atoms with Crippen LogP contribution in [0.25, 0.3) is 0 Å². The summed E-state index contributed by atoms with van der Waals surface area (Å²) in [5.74, 6) is 1.61. The lowest BCUT2D eigenvalue weighted by Crippen LogP contribution is -2.38. The summed E-state index contributed by atoms with van der Waals surface area (Å²) < 4.78 is 0. The van der Waals surface area contributed by atoms with E-state index in [0.717, 1.165) is 43.2 Å². The summed E-state index contributed by atoms with van der Waals surface area (Å²) in [6.07, 6.45) is 5.10. The first kappa shape index (κ1) is 14.0. The summed E-state index contributed by atoms with van der Waals surface area (Å²) in [5, 5.41) is 0. The van der Waals surface area contributed by atoms with Gasteiger partial charge in [0.15, 0.2) is 6.29 Å². The summed E-state index contributed by atoms with van der Waals surface area (Å²) in [5.41, 5.74) is 1.75. The van der Waals surface area contributed by atoms with Gasteiger partial charge in [0.05, 0.1) is 5.56 Å². The normalized spacial score (nSPS) is 16.9. The monoisotopic (exact) mass is 261 g/mol. The fraction of sp³-hybridized carbons (Fsp3) is 0.600. The molecule has 4 heteroatoms. The maximum atomic E-state index is 11.2. The largest absolute Gasteiger partial charge is 0.356 e. The van der Waals surface area contributed by atoms with Crippen molar-refractivity contribution in [1.82, 2.24) is 9.88 Å². The van der Waals surface area contributed by atoms with E-state index in [1.165, 1.54) is 12.8 Å². The van der Waals surface area contributed by atoms with Gasteiger partial charge in [-0.25, -0.2) is 4.98 Å². The molecule has 1 fully saturated rings. The van der Waals surface area contributed by atoms with Crippen LogP contribution in [0, 0.1) is 12.8 Å². The van der Waals surface area contributed by atoms with E-state index in [-0.39, 0.29) is 0 Å². The van der Waals surface area contributed by atoms with E-state index in [4.69, 9.17) is 0 Å². The number of anilines is 1. The third-order valence-electron chi connectivity index (χ3n) is 3.70. The topological polar surface area (TPSA) is 36.4 Å². The molecule has 1 aromatic rings. The molecule has 0 saturated carbocycles. The molecular formula is C15H23N3O. The molecule has 0 bridgehead atoms. The van der Waals surface area contributed by atoms with Crippen molar-refractivity contribution in [2.75, 3.05) is 38.6 Å². The van der Waals surface area contributed by atoms with E-state index in [9.17, 15) is 4.79 Å². The molecule has 0 N–H and O–H groups in total. The Balaban J connectivity index is 2.03. The molecule has 0 radical (unpaired) electrons. The number of aromatic nitrogens is 1. The van der Waals surface area contributed by atoms with Crippen LogP contribution in [0.3, 0.4) is 0 Å². The lowest BCUT2D eigenvalue weighted by molar-refractivity contribution is 0.112. The van der Waals surface area contributed by atoms with Gasteiger partial charge in [0.2, 0.25) is 0 Å². The van der Waals surface area contributed by atoms with Crippen molar-refractivity contribution in [3.05, 3.63) is 23.4 Å². The fourth-order valence-electron chi connectivity index (χ4n) is 2.78. The van der Waals surface area contributed by atoms with E-state index < -0.39 is 0 Å². The Morgan fingerprint density at radius 1 is 1.42 bits per heavy atom. The lowest BCUT2D eigenvalue weighted by atomic mass is 9.96. The van der Waals surface area contributed by atoms with Crippen molar-refractivity contribution >= 4 is 12.1 Å². The third-order valence-corrected chi connectivity index (χ3v) is 3.70. The number of carbonyl (C=O) groups excluding carboxylic acids is 1. The first-order chi connectivity index (χ1) is 9.10. The van der Waals surface area contributed by atoms with Crippen LogP contribution >= 0.6 is 0 Å². The Bertz CT molecular complexity index is 437. The Morgan fingerprint density at radius 2 is 2.11 bits per heavy atom. The van der Waals surface area contributed by atoms with Gasteiger partial charge >= 0.3 is 0 Å².